The van der Waals surface area contributed by atoms with E-state index in [0.29, 0.717) is 24.7 Å². The van der Waals surface area contributed by atoms with Crippen molar-refractivity contribution in [2.75, 3.05) is 26.2 Å². The Kier molecular flexibility index (Phi) is 10.0. The first-order valence-electron chi connectivity index (χ1n) is 14.7. The first-order chi connectivity index (χ1) is 19.7. The number of carbonyl (C=O) groups excluding carboxylic acids is 2. The number of piperidine rings is 1. The number of carbonyl (C=O) groups is 2. The van der Waals surface area contributed by atoms with Crippen LogP contribution in [0, 0.1) is 0 Å². The number of aromatic nitrogens is 1. The molecular formula is C33H40N4O2S. The van der Waals surface area contributed by atoms with Gasteiger partial charge in [0.2, 0.25) is 0 Å². The molecule has 1 aliphatic heterocycles. The molecule has 0 atom stereocenters. The van der Waals surface area contributed by atoms with Gasteiger partial charge in [-0.2, -0.15) is 0 Å². The van der Waals surface area contributed by atoms with E-state index in [9.17, 15) is 9.59 Å². The van der Waals surface area contributed by atoms with Crippen LogP contribution in [-0.2, 0) is 0 Å². The maximum Gasteiger partial charge on any atom is 0.317 e. The van der Waals surface area contributed by atoms with Gasteiger partial charge in [0.25, 0.3) is 5.91 Å². The molecule has 210 valence electrons. The predicted molar refractivity (Wildman–Crippen MR) is 162 cm³/mol. The average Bonchev–Trinajstić information content (AvgIpc) is 3.51. The van der Waals surface area contributed by atoms with E-state index in [4.69, 9.17) is 4.98 Å². The molecule has 1 aliphatic carbocycles. The summed E-state index contributed by atoms with van der Waals surface area (Å²) in [6.45, 7) is 2.74. The third kappa shape index (κ3) is 7.60. The largest absolute Gasteiger partial charge is 0.351 e. The van der Waals surface area contributed by atoms with Gasteiger partial charge in [0.05, 0.1) is 5.01 Å². The van der Waals surface area contributed by atoms with Crippen molar-refractivity contribution in [1.82, 2.24) is 20.5 Å². The number of hydrogen-bond acceptors (Lipinski definition) is 4. The van der Waals surface area contributed by atoms with E-state index in [2.05, 4.69) is 65.2 Å². The third-order valence-electron chi connectivity index (χ3n) is 8.12. The van der Waals surface area contributed by atoms with Gasteiger partial charge in [-0.25, -0.2) is 9.78 Å². The van der Waals surface area contributed by atoms with Crippen LogP contribution in [0.1, 0.15) is 89.8 Å². The zero-order valence-corrected chi connectivity index (χ0v) is 24.0. The smallest absolute Gasteiger partial charge is 0.317 e. The highest BCUT2D eigenvalue weighted by Crippen LogP contribution is 2.31. The van der Waals surface area contributed by atoms with Crippen molar-refractivity contribution in [2.24, 2.45) is 0 Å². The molecule has 2 aliphatic rings. The average molecular weight is 557 g/mol. The van der Waals surface area contributed by atoms with Gasteiger partial charge >= 0.3 is 6.03 Å². The van der Waals surface area contributed by atoms with Crippen LogP contribution in [0.2, 0.25) is 0 Å². The summed E-state index contributed by atoms with van der Waals surface area (Å²) in [5.74, 6) is 0.399. The van der Waals surface area contributed by atoms with E-state index in [0.717, 1.165) is 43.8 Å². The fourth-order valence-corrected chi connectivity index (χ4v) is 6.77. The summed E-state index contributed by atoms with van der Waals surface area (Å²) in [6.07, 6.45) is 10.8. The Bertz CT molecular complexity index is 1230. The van der Waals surface area contributed by atoms with Crippen molar-refractivity contribution in [1.29, 1.82) is 0 Å². The van der Waals surface area contributed by atoms with E-state index in [1.54, 1.807) is 11.3 Å². The van der Waals surface area contributed by atoms with Gasteiger partial charge in [0, 0.05) is 43.4 Å². The summed E-state index contributed by atoms with van der Waals surface area (Å²) in [7, 11) is 0. The van der Waals surface area contributed by atoms with Crippen molar-refractivity contribution in [3.63, 3.8) is 0 Å². The SMILES string of the molecule is O=C(NCCC(c1ccccc1)c1ccccc1)c1csc(C2CCN(C(=O)NCCC3=CCCCC3)CC2)n1. The van der Waals surface area contributed by atoms with Crippen molar-refractivity contribution >= 4 is 23.3 Å². The molecule has 1 saturated heterocycles. The number of urea groups is 1. The molecule has 0 bridgehead atoms. The van der Waals surface area contributed by atoms with E-state index in [1.165, 1.54) is 42.4 Å². The molecule has 3 aromatic rings. The molecule has 3 amide bonds. The fourth-order valence-electron chi connectivity index (χ4n) is 5.80. The number of likely N-dealkylation sites (tertiary alicyclic amines) is 1. The van der Waals surface area contributed by atoms with Gasteiger partial charge in [0.15, 0.2) is 0 Å². The highest BCUT2D eigenvalue weighted by Gasteiger charge is 2.26. The Morgan fingerprint density at radius 3 is 2.27 bits per heavy atom. The maximum atomic E-state index is 12.9. The standard InChI is InChI=1S/C33H40N4O2S/c38-31(34-21-17-29(26-12-6-2-7-13-26)27-14-8-3-9-15-27)30-24-40-32(36-30)28-18-22-37(23-19-28)33(39)35-20-16-25-10-4-1-5-11-25/h2-3,6-10,12-15,24,28-29H,1,4-5,11,16-23H2,(H,34,38)(H,35,39). The Morgan fingerprint density at radius 2 is 1.62 bits per heavy atom. The van der Waals surface area contributed by atoms with Gasteiger partial charge in [0.1, 0.15) is 5.69 Å². The number of rotatable bonds is 10. The third-order valence-corrected chi connectivity index (χ3v) is 9.12. The lowest BCUT2D eigenvalue weighted by atomic mass is 9.88. The Morgan fingerprint density at radius 1 is 0.925 bits per heavy atom. The zero-order chi connectivity index (χ0) is 27.6. The molecule has 5 rings (SSSR count). The van der Waals surface area contributed by atoms with Crippen LogP contribution >= 0.6 is 11.3 Å². The minimum Gasteiger partial charge on any atom is -0.351 e. The number of nitrogens with zero attached hydrogens (tertiary/aromatic N) is 2. The van der Waals surface area contributed by atoms with Gasteiger partial charge < -0.3 is 15.5 Å². The molecule has 2 aromatic carbocycles. The highest BCUT2D eigenvalue weighted by molar-refractivity contribution is 7.09. The second kappa shape index (κ2) is 14.3. The summed E-state index contributed by atoms with van der Waals surface area (Å²) < 4.78 is 0. The van der Waals surface area contributed by atoms with Crippen LogP contribution in [0.15, 0.2) is 77.7 Å². The molecule has 2 heterocycles. The number of benzene rings is 2. The van der Waals surface area contributed by atoms with Gasteiger partial charge in [-0.1, -0.05) is 72.3 Å². The molecule has 0 radical (unpaired) electrons. The van der Waals surface area contributed by atoms with Gasteiger partial charge in [-0.05, 0) is 62.5 Å². The molecule has 0 unspecified atom stereocenters. The van der Waals surface area contributed by atoms with Crippen molar-refractivity contribution in [3.05, 3.63) is 99.5 Å². The van der Waals surface area contributed by atoms with E-state index < -0.39 is 0 Å². The zero-order valence-electron chi connectivity index (χ0n) is 23.2. The van der Waals surface area contributed by atoms with Crippen molar-refractivity contribution in [3.8, 4) is 0 Å². The maximum absolute atomic E-state index is 12.9. The van der Waals surface area contributed by atoms with Crippen LogP contribution in [0.4, 0.5) is 4.79 Å². The Hall–Kier alpha value is -3.45. The van der Waals surface area contributed by atoms with E-state index in [1.807, 2.05) is 22.4 Å². The number of allylic oxidation sites excluding steroid dienone is 1. The molecule has 40 heavy (non-hydrogen) atoms. The summed E-state index contributed by atoms with van der Waals surface area (Å²) >= 11 is 1.56. The van der Waals surface area contributed by atoms with Crippen LogP contribution in [0.5, 0.6) is 0 Å². The van der Waals surface area contributed by atoms with Crippen LogP contribution in [0.25, 0.3) is 0 Å². The lowest BCUT2D eigenvalue weighted by Crippen LogP contribution is -2.44. The summed E-state index contributed by atoms with van der Waals surface area (Å²) in [5, 5.41) is 9.06. The molecule has 1 fully saturated rings. The predicted octanol–water partition coefficient (Wildman–Crippen LogP) is 6.87. The molecule has 6 nitrogen and oxygen atoms in total. The molecule has 0 spiro atoms. The van der Waals surface area contributed by atoms with Crippen LogP contribution < -0.4 is 10.6 Å². The minimum atomic E-state index is -0.118. The molecule has 7 heteroatoms. The summed E-state index contributed by atoms with van der Waals surface area (Å²) in [6, 6.07) is 21.0. The van der Waals surface area contributed by atoms with Crippen molar-refractivity contribution < 1.29 is 9.59 Å². The molecule has 1 aromatic heterocycles. The molecule has 0 saturated carbocycles. The second-order valence-electron chi connectivity index (χ2n) is 10.8. The summed E-state index contributed by atoms with van der Waals surface area (Å²) in [5.41, 5.74) is 4.48. The number of thiazole rings is 1. The highest BCUT2D eigenvalue weighted by atomic mass is 32.1. The molecule has 2 N–H and O–H groups in total. The minimum absolute atomic E-state index is 0.0402. The normalized spacial score (nSPS) is 16.0. The summed E-state index contributed by atoms with van der Waals surface area (Å²) in [4.78, 5) is 32.2. The quantitative estimate of drug-likeness (QED) is 0.268. The van der Waals surface area contributed by atoms with E-state index >= 15 is 0 Å². The fraction of sp³-hybridized carbons (Fsp3) is 0.424. The Balaban J connectivity index is 1.07. The first-order valence-corrected chi connectivity index (χ1v) is 15.6. The lowest BCUT2D eigenvalue weighted by molar-refractivity contribution is 0.0948. The van der Waals surface area contributed by atoms with Gasteiger partial charge in [-0.3, -0.25) is 4.79 Å². The second-order valence-corrected chi connectivity index (χ2v) is 11.7. The number of amides is 3. The first kappa shape index (κ1) is 28.1. The lowest BCUT2D eigenvalue weighted by Gasteiger charge is -2.31. The monoisotopic (exact) mass is 556 g/mol. The topological polar surface area (TPSA) is 74.3 Å². The Labute approximate surface area is 241 Å². The van der Waals surface area contributed by atoms with Crippen LogP contribution in [0.3, 0.4) is 0 Å². The number of nitrogens with one attached hydrogen (secondary N) is 2. The van der Waals surface area contributed by atoms with Crippen LogP contribution in [-0.4, -0.2) is 48.0 Å². The number of hydrogen-bond donors (Lipinski definition) is 2. The van der Waals surface area contributed by atoms with Gasteiger partial charge in [-0.15, -0.1) is 11.3 Å². The molecular weight excluding hydrogens is 516 g/mol. The van der Waals surface area contributed by atoms with Crippen molar-refractivity contribution in [2.45, 2.75) is 63.2 Å². The van der Waals surface area contributed by atoms with E-state index in [-0.39, 0.29) is 17.9 Å².